The van der Waals surface area contributed by atoms with Crippen molar-refractivity contribution in [3.05, 3.63) is 88.7 Å². The molecule has 2 aliphatic rings. The van der Waals surface area contributed by atoms with Gasteiger partial charge in [-0.3, -0.25) is 19.5 Å². The Morgan fingerprint density at radius 1 is 1.07 bits per heavy atom. The Labute approximate surface area is 268 Å². The van der Waals surface area contributed by atoms with Crippen molar-refractivity contribution in [2.24, 2.45) is 5.92 Å². The van der Waals surface area contributed by atoms with E-state index < -0.39 is 0 Å². The van der Waals surface area contributed by atoms with Gasteiger partial charge in [0.05, 0.1) is 0 Å². The Kier molecular flexibility index (Phi) is 9.51. The van der Waals surface area contributed by atoms with Crippen LogP contribution in [0.3, 0.4) is 0 Å². The third-order valence-corrected chi connectivity index (χ3v) is 9.69. The highest BCUT2D eigenvalue weighted by atomic mass is 32.1. The van der Waals surface area contributed by atoms with Gasteiger partial charge in [-0.15, -0.1) is 10.2 Å². The summed E-state index contributed by atoms with van der Waals surface area (Å²) < 4.78 is 6.41. The van der Waals surface area contributed by atoms with E-state index in [1.165, 1.54) is 5.56 Å². The molecule has 1 N–H and O–H groups in total. The summed E-state index contributed by atoms with van der Waals surface area (Å²) in [6, 6.07) is 17.5. The summed E-state index contributed by atoms with van der Waals surface area (Å²) in [5, 5.41) is 13.8. The number of carbonyl (C=O) groups is 2. The number of rotatable bonds is 10. The van der Waals surface area contributed by atoms with Gasteiger partial charge < -0.3 is 15.0 Å². The molecule has 6 rings (SSSR count). The fourth-order valence-corrected chi connectivity index (χ4v) is 6.73. The quantitative estimate of drug-likeness (QED) is 0.222. The van der Waals surface area contributed by atoms with E-state index in [2.05, 4.69) is 52.2 Å². The van der Waals surface area contributed by atoms with E-state index >= 15 is 0 Å². The first-order valence-corrected chi connectivity index (χ1v) is 16.6. The van der Waals surface area contributed by atoms with E-state index in [1.54, 1.807) is 23.6 Å². The van der Waals surface area contributed by atoms with Crippen molar-refractivity contribution >= 4 is 23.2 Å². The number of piperidine rings is 1. The van der Waals surface area contributed by atoms with Crippen LogP contribution in [0.5, 0.6) is 11.5 Å². The number of carbonyl (C=O) groups excluding carboxylic acids is 2. The first-order valence-electron chi connectivity index (χ1n) is 15.7. The van der Waals surface area contributed by atoms with Crippen LogP contribution < -0.4 is 10.1 Å². The van der Waals surface area contributed by atoms with Crippen molar-refractivity contribution in [2.45, 2.75) is 65.1 Å². The Morgan fingerprint density at radius 2 is 1.87 bits per heavy atom. The molecule has 1 atom stereocenters. The minimum Gasteiger partial charge on any atom is -0.457 e. The molecule has 2 amide bonds. The molecule has 2 fully saturated rings. The lowest BCUT2D eigenvalue weighted by atomic mass is 10.0. The molecule has 2 saturated heterocycles. The Bertz CT molecular complexity index is 1620. The van der Waals surface area contributed by atoms with E-state index in [0.717, 1.165) is 60.2 Å². The highest BCUT2D eigenvalue weighted by Gasteiger charge is 2.28. The average Bonchev–Trinajstić information content (AvgIpc) is 3.66. The molecule has 0 radical (unpaired) electrons. The molecule has 4 aromatic rings. The van der Waals surface area contributed by atoms with Crippen molar-refractivity contribution in [2.75, 3.05) is 19.6 Å². The molecule has 9 nitrogen and oxygen atoms in total. The summed E-state index contributed by atoms with van der Waals surface area (Å²) in [5.41, 5.74) is 3.59. The predicted molar refractivity (Wildman–Crippen MR) is 175 cm³/mol. The van der Waals surface area contributed by atoms with Crippen LogP contribution in [0.2, 0.25) is 0 Å². The van der Waals surface area contributed by atoms with Crippen LogP contribution >= 0.6 is 11.3 Å². The van der Waals surface area contributed by atoms with Gasteiger partial charge in [-0.25, -0.2) is 0 Å². The first kappa shape index (κ1) is 30.9. The van der Waals surface area contributed by atoms with Gasteiger partial charge in [-0.2, -0.15) is 0 Å². The third-order valence-electron chi connectivity index (χ3n) is 8.41. The number of hydrogen-bond acceptors (Lipinski definition) is 8. The molecule has 10 heteroatoms. The van der Waals surface area contributed by atoms with Crippen molar-refractivity contribution in [1.29, 1.82) is 0 Å². The third kappa shape index (κ3) is 7.75. The highest BCUT2D eigenvalue weighted by molar-refractivity contribution is 7.14. The maximum absolute atomic E-state index is 13.4. The van der Waals surface area contributed by atoms with E-state index in [0.29, 0.717) is 41.9 Å². The number of nitrogens with zero attached hydrogens (tertiary/aromatic N) is 5. The largest absolute Gasteiger partial charge is 0.457 e. The number of likely N-dealkylation sites (tertiary alicyclic amines) is 2. The second-order valence-electron chi connectivity index (χ2n) is 12.5. The summed E-state index contributed by atoms with van der Waals surface area (Å²) in [6.07, 6.45) is 6.04. The molecule has 2 aromatic heterocycles. The fourth-order valence-electron chi connectivity index (χ4n) is 5.88. The molecule has 45 heavy (non-hydrogen) atoms. The molecular weight excluding hydrogens is 584 g/mol. The normalized spacial score (nSPS) is 17.6. The van der Waals surface area contributed by atoms with Crippen molar-refractivity contribution < 1.29 is 14.3 Å². The van der Waals surface area contributed by atoms with Crippen LogP contribution in [-0.4, -0.2) is 62.5 Å². The van der Waals surface area contributed by atoms with Crippen LogP contribution in [0, 0.1) is 5.92 Å². The van der Waals surface area contributed by atoms with Gasteiger partial charge in [0.2, 0.25) is 5.91 Å². The van der Waals surface area contributed by atoms with Gasteiger partial charge in [-0.1, -0.05) is 44.2 Å². The molecule has 0 saturated carbocycles. The van der Waals surface area contributed by atoms with Gasteiger partial charge in [0.15, 0.2) is 0 Å². The molecule has 2 aliphatic heterocycles. The van der Waals surface area contributed by atoms with Crippen molar-refractivity contribution in [1.82, 2.24) is 30.3 Å². The van der Waals surface area contributed by atoms with Gasteiger partial charge in [0.25, 0.3) is 5.91 Å². The van der Waals surface area contributed by atoms with Gasteiger partial charge >= 0.3 is 0 Å². The molecule has 0 aliphatic carbocycles. The van der Waals surface area contributed by atoms with E-state index in [1.807, 2.05) is 53.6 Å². The standard InChI is InChI=1S/C35H40N6O3S/c1-23(2)34-38-39-35(45-34)26-8-10-30(11-9-26)44-31-18-27(6-7-28(31)22-41-20-24(3)17-32(41)42)33(43)37-29-12-15-40(16-13-29)21-25-5-4-14-36-19-25/h4-11,14,18-19,23-24,29H,12-13,15-17,20-22H2,1-3H3,(H,37,43)/t24-/m0/s1. The predicted octanol–water partition coefficient (Wildman–Crippen LogP) is 6.28. The maximum Gasteiger partial charge on any atom is 0.251 e. The SMILES string of the molecule is CC(C)c1nnc(-c2ccc(Oc3cc(C(=O)NC4CCN(Cc5cccnc5)CC4)ccc3CN3C[C@@H](C)CC3=O)cc2)s1. The zero-order chi connectivity index (χ0) is 31.3. The lowest BCUT2D eigenvalue weighted by Crippen LogP contribution is -2.44. The van der Waals surface area contributed by atoms with Gasteiger partial charge in [-0.05, 0) is 66.8 Å². The number of pyridine rings is 1. The number of nitrogens with one attached hydrogen (secondary N) is 1. The van der Waals surface area contributed by atoms with Crippen LogP contribution in [0.25, 0.3) is 10.6 Å². The maximum atomic E-state index is 13.4. The van der Waals surface area contributed by atoms with Gasteiger partial charge in [0.1, 0.15) is 21.5 Å². The van der Waals surface area contributed by atoms with Gasteiger partial charge in [0, 0.05) is 80.2 Å². The van der Waals surface area contributed by atoms with Crippen molar-refractivity contribution in [3.63, 3.8) is 0 Å². The molecule has 0 bridgehead atoms. The van der Waals surface area contributed by atoms with Crippen LogP contribution in [0.4, 0.5) is 0 Å². The van der Waals surface area contributed by atoms with Crippen LogP contribution in [0.1, 0.15) is 72.4 Å². The summed E-state index contributed by atoms with van der Waals surface area (Å²) in [6.45, 7) is 10.2. The van der Waals surface area contributed by atoms with E-state index in [9.17, 15) is 9.59 Å². The minimum atomic E-state index is -0.115. The topological polar surface area (TPSA) is 101 Å². The highest BCUT2D eigenvalue weighted by Crippen LogP contribution is 2.33. The fraction of sp³-hybridized carbons (Fsp3) is 0.400. The molecule has 4 heterocycles. The number of hydrogen-bond donors (Lipinski definition) is 1. The number of amides is 2. The zero-order valence-corrected chi connectivity index (χ0v) is 26.9. The Hall–Kier alpha value is -4.15. The van der Waals surface area contributed by atoms with Crippen LogP contribution in [-0.2, 0) is 17.9 Å². The summed E-state index contributed by atoms with van der Waals surface area (Å²) in [5.74, 6) is 1.91. The first-order chi connectivity index (χ1) is 21.8. The minimum absolute atomic E-state index is 0.111. The lowest BCUT2D eigenvalue weighted by molar-refractivity contribution is -0.128. The molecule has 2 aromatic carbocycles. The smallest absolute Gasteiger partial charge is 0.251 e. The number of ether oxygens (including phenoxy) is 1. The van der Waals surface area contributed by atoms with E-state index in [-0.39, 0.29) is 17.9 Å². The molecule has 0 unspecified atom stereocenters. The molecule has 0 spiro atoms. The summed E-state index contributed by atoms with van der Waals surface area (Å²) in [7, 11) is 0. The second kappa shape index (κ2) is 13.9. The van der Waals surface area contributed by atoms with E-state index in [4.69, 9.17) is 4.74 Å². The Balaban J connectivity index is 1.15. The lowest BCUT2D eigenvalue weighted by Gasteiger charge is -2.32. The monoisotopic (exact) mass is 624 g/mol. The average molecular weight is 625 g/mol. The van der Waals surface area contributed by atoms with Crippen LogP contribution in [0.15, 0.2) is 67.0 Å². The Morgan fingerprint density at radius 3 is 2.53 bits per heavy atom. The molecular formula is C35H40N6O3S. The summed E-state index contributed by atoms with van der Waals surface area (Å²) in [4.78, 5) is 34.5. The second-order valence-corrected chi connectivity index (χ2v) is 13.5. The zero-order valence-electron chi connectivity index (χ0n) is 26.1. The number of benzene rings is 2. The summed E-state index contributed by atoms with van der Waals surface area (Å²) >= 11 is 1.59. The number of aromatic nitrogens is 3. The molecule has 234 valence electrons. The van der Waals surface area contributed by atoms with Crippen molar-refractivity contribution in [3.8, 4) is 22.1 Å².